The second kappa shape index (κ2) is 17.3. The van der Waals surface area contributed by atoms with Crippen LogP contribution < -0.4 is 0 Å². The number of esters is 2. The van der Waals surface area contributed by atoms with Crippen LogP contribution >= 0.6 is 0 Å². The zero-order valence-corrected chi connectivity index (χ0v) is 10.9. The molecule has 0 fully saturated rings. The molecule has 17 heavy (non-hydrogen) atoms. The molecule has 0 spiro atoms. The van der Waals surface area contributed by atoms with Crippen molar-refractivity contribution in [3.05, 3.63) is 13.2 Å². The van der Waals surface area contributed by atoms with Crippen LogP contribution in [0, 0.1) is 18.4 Å². The van der Waals surface area contributed by atoms with Gasteiger partial charge in [-0.2, -0.15) is 6.61 Å². The van der Waals surface area contributed by atoms with Crippen LogP contribution in [0.1, 0.15) is 39.5 Å². The van der Waals surface area contributed by atoms with E-state index in [0.717, 1.165) is 12.8 Å². The molecule has 0 bridgehead atoms. The fourth-order valence-electron chi connectivity index (χ4n) is 0.906. The molecule has 0 aromatic rings. The van der Waals surface area contributed by atoms with Crippen LogP contribution in [0.2, 0.25) is 0 Å². The van der Waals surface area contributed by atoms with Crippen molar-refractivity contribution >= 4 is 11.9 Å². The summed E-state index contributed by atoms with van der Waals surface area (Å²) < 4.78 is 9.37. The molecule has 0 amide bonds. The summed E-state index contributed by atoms with van der Waals surface area (Å²) in [6.45, 7) is 9.79. The van der Waals surface area contributed by atoms with Gasteiger partial charge in [0.2, 0.25) is 0 Å². The molecular weight excluding hydrogens is 274 g/mol. The predicted octanol–water partition coefficient (Wildman–Crippen LogP) is 1.93. The van der Waals surface area contributed by atoms with E-state index < -0.39 is 0 Å². The van der Waals surface area contributed by atoms with Gasteiger partial charge < -0.3 is 21.3 Å². The monoisotopic (exact) mass is 290 g/mol. The van der Waals surface area contributed by atoms with E-state index in [0.29, 0.717) is 19.4 Å². The number of rotatable bonds is 7. The summed E-state index contributed by atoms with van der Waals surface area (Å²) in [5.74, 6) is -0.477. The van der Waals surface area contributed by atoms with Gasteiger partial charge in [0.25, 0.3) is 5.97 Å². The summed E-state index contributed by atoms with van der Waals surface area (Å²) >= 11 is 0. The third-order valence-corrected chi connectivity index (χ3v) is 1.51. The molecule has 1 radical (unpaired) electrons. The average molecular weight is 291 g/mol. The van der Waals surface area contributed by atoms with Crippen molar-refractivity contribution in [1.29, 1.82) is 5.26 Å². The number of carbonyl (C=O) groups excluding carboxylic acids is 2. The van der Waals surface area contributed by atoms with E-state index >= 15 is 0 Å². The molecule has 0 N–H and O–H groups in total. The maximum absolute atomic E-state index is 10.9. The van der Waals surface area contributed by atoms with Crippen molar-refractivity contribution < 1.29 is 36.1 Å². The predicted molar refractivity (Wildman–Crippen MR) is 56.1 cm³/mol. The van der Waals surface area contributed by atoms with Crippen LogP contribution in [0.5, 0.6) is 0 Å². The Kier molecular flexibility index (Phi) is 21.7. The second-order valence-electron chi connectivity index (χ2n) is 2.83. The van der Waals surface area contributed by atoms with Gasteiger partial charge in [-0.25, -0.2) is 0 Å². The Morgan fingerprint density at radius 2 is 1.88 bits per heavy atom. The molecule has 0 rings (SSSR count). The van der Waals surface area contributed by atoms with E-state index in [1.54, 1.807) is 6.92 Å². The molecule has 0 unspecified atom stereocenters. The number of carbonyl (C=O) groups is 2. The van der Waals surface area contributed by atoms with Crippen molar-refractivity contribution in [2.75, 3.05) is 6.61 Å². The standard InChI is InChI=1S/C10H17O4.CN.Cu/c1-3-13-10(12)7-5-4-6-8-14-9(2)11;1-2;/h8H,3-7H2,1-2H3;;/q2*-1;+2. The molecule has 6 heteroatoms. The van der Waals surface area contributed by atoms with Gasteiger partial charge in [-0.1, -0.05) is 6.42 Å². The van der Waals surface area contributed by atoms with Gasteiger partial charge in [-0.3, -0.25) is 9.59 Å². The minimum absolute atomic E-state index is 0. The summed E-state index contributed by atoms with van der Waals surface area (Å²) in [5.41, 5.74) is 0. The first-order valence-electron chi connectivity index (χ1n) is 5.03. The maximum Gasteiger partial charge on any atom is 2.00 e. The molecule has 0 aliphatic carbocycles. The topological polar surface area (TPSA) is 76.4 Å². The summed E-state index contributed by atoms with van der Waals surface area (Å²) in [7, 11) is 0. The van der Waals surface area contributed by atoms with Crippen LogP contribution in [-0.2, 0) is 36.1 Å². The van der Waals surface area contributed by atoms with Gasteiger partial charge >= 0.3 is 23.0 Å². The molecule has 0 saturated carbocycles. The molecule has 0 saturated heterocycles. The van der Waals surface area contributed by atoms with Crippen LogP contribution in [0.25, 0.3) is 0 Å². The van der Waals surface area contributed by atoms with Crippen molar-refractivity contribution in [3.63, 3.8) is 0 Å². The minimum Gasteiger partial charge on any atom is -0.637 e. The number of hydrogen-bond acceptors (Lipinski definition) is 5. The van der Waals surface area contributed by atoms with E-state index in [9.17, 15) is 9.59 Å². The van der Waals surface area contributed by atoms with Crippen molar-refractivity contribution in [2.24, 2.45) is 0 Å². The fraction of sp³-hybridized carbons (Fsp3) is 0.636. The molecule has 5 nitrogen and oxygen atoms in total. The average Bonchev–Trinajstić information content (AvgIpc) is 2.26. The number of hydrogen-bond donors (Lipinski definition) is 0. The van der Waals surface area contributed by atoms with Crippen LogP contribution in [-0.4, -0.2) is 18.5 Å². The van der Waals surface area contributed by atoms with Crippen molar-refractivity contribution in [1.82, 2.24) is 0 Å². The quantitative estimate of drug-likeness (QED) is 0.310. The SMILES string of the molecule is CCOC(=O)CCCC[CH-]OC(C)=O.[C-]#N.[Cu+2]. The smallest absolute Gasteiger partial charge is 0.637 e. The van der Waals surface area contributed by atoms with Crippen molar-refractivity contribution in [3.8, 4) is 0 Å². The fourth-order valence-corrected chi connectivity index (χ4v) is 0.906. The molecule has 0 aliphatic heterocycles. The Balaban J connectivity index is -0.000000616. The van der Waals surface area contributed by atoms with Crippen LogP contribution in [0.15, 0.2) is 0 Å². The van der Waals surface area contributed by atoms with Gasteiger partial charge in [0.1, 0.15) is 0 Å². The van der Waals surface area contributed by atoms with Gasteiger partial charge in [-0.05, 0) is 13.3 Å². The molecule has 0 aromatic carbocycles. The van der Waals surface area contributed by atoms with E-state index in [1.165, 1.54) is 13.5 Å². The Hall–Kier alpha value is -1.05. The number of nitrogens with zero attached hydrogens (tertiary/aromatic N) is 1. The van der Waals surface area contributed by atoms with E-state index in [-0.39, 0.29) is 29.0 Å². The summed E-state index contributed by atoms with van der Waals surface area (Å²) in [4.78, 5) is 21.2. The van der Waals surface area contributed by atoms with Crippen LogP contribution in [0.4, 0.5) is 0 Å². The normalized spacial score (nSPS) is 8.00. The third-order valence-electron chi connectivity index (χ3n) is 1.51. The Morgan fingerprint density at radius 1 is 1.29 bits per heavy atom. The maximum atomic E-state index is 10.9. The summed E-state index contributed by atoms with van der Waals surface area (Å²) in [5, 5.41) is 6.25. The van der Waals surface area contributed by atoms with Gasteiger partial charge in [0, 0.05) is 13.3 Å². The van der Waals surface area contributed by atoms with Crippen LogP contribution in [0.3, 0.4) is 0 Å². The van der Waals surface area contributed by atoms with Gasteiger partial charge in [0.05, 0.1) is 6.61 Å². The van der Waals surface area contributed by atoms with E-state index in [1.807, 2.05) is 0 Å². The van der Waals surface area contributed by atoms with Crippen molar-refractivity contribution in [2.45, 2.75) is 39.5 Å². The van der Waals surface area contributed by atoms with E-state index in [4.69, 9.17) is 16.6 Å². The molecule has 0 heterocycles. The molecular formula is C11H17CuNO4. The molecule has 0 aliphatic rings. The summed E-state index contributed by atoms with van der Waals surface area (Å²) in [6.07, 6.45) is 2.70. The Labute approximate surface area is 113 Å². The molecule has 101 valence electrons. The number of ether oxygens (including phenoxy) is 2. The third kappa shape index (κ3) is 20.9. The Morgan fingerprint density at radius 3 is 2.35 bits per heavy atom. The van der Waals surface area contributed by atoms with Gasteiger partial charge in [0.15, 0.2) is 0 Å². The second-order valence-corrected chi connectivity index (χ2v) is 2.83. The largest absolute Gasteiger partial charge is 2.00 e. The first kappa shape index (κ1) is 21.3. The van der Waals surface area contributed by atoms with Gasteiger partial charge in [-0.15, -0.1) is 6.42 Å². The molecule has 0 aromatic heterocycles. The zero-order chi connectivity index (χ0) is 12.8. The Bertz CT molecular complexity index is 219. The summed E-state index contributed by atoms with van der Waals surface area (Å²) in [6, 6.07) is 0. The zero-order valence-electron chi connectivity index (χ0n) is 9.99. The molecule has 0 atom stereocenters. The number of unbranched alkanes of at least 4 members (excludes halogenated alkanes) is 2. The minimum atomic E-state index is -0.310. The first-order chi connectivity index (χ1) is 7.66. The first-order valence-corrected chi connectivity index (χ1v) is 5.03. The van der Waals surface area contributed by atoms with E-state index in [2.05, 4.69) is 4.74 Å².